The number of rotatable bonds is 8. The van der Waals surface area contributed by atoms with Gasteiger partial charge in [0.25, 0.3) is 5.91 Å². The number of aromatic nitrogens is 1. The number of benzene rings is 1. The summed E-state index contributed by atoms with van der Waals surface area (Å²) in [4.78, 5) is 16.0. The third kappa shape index (κ3) is 4.57. The van der Waals surface area contributed by atoms with Crippen LogP contribution < -0.4 is 5.48 Å². The summed E-state index contributed by atoms with van der Waals surface area (Å²) >= 11 is 0. The number of amides is 1. The number of nitrogens with zero attached hydrogens (tertiary/aromatic N) is 2. The summed E-state index contributed by atoms with van der Waals surface area (Å²) in [5.41, 5.74) is 2.35. The van der Waals surface area contributed by atoms with E-state index in [-0.39, 0.29) is 23.6 Å². The van der Waals surface area contributed by atoms with Crippen LogP contribution in [-0.2, 0) is 21.2 Å². The molecular formula is C17H21N3O5S. The van der Waals surface area contributed by atoms with Crippen molar-refractivity contribution in [1.29, 1.82) is 0 Å². The van der Waals surface area contributed by atoms with E-state index in [2.05, 4.69) is 4.98 Å². The second-order valence-electron chi connectivity index (χ2n) is 5.62. The average Bonchev–Trinajstić information content (AvgIpc) is 2.65. The number of aromatic hydroxyl groups is 1. The van der Waals surface area contributed by atoms with Gasteiger partial charge in [0.15, 0.2) is 0 Å². The van der Waals surface area contributed by atoms with E-state index in [1.807, 2.05) is 6.07 Å². The molecule has 0 saturated heterocycles. The molecule has 3 N–H and O–H groups in total. The second-order valence-corrected chi connectivity index (χ2v) is 7.51. The van der Waals surface area contributed by atoms with Gasteiger partial charge >= 0.3 is 0 Å². The van der Waals surface area contributed by atoms with Crippen LogP contribution in [0.15, 0.2) is 53.7 Å². The summed E-state index contributed by atoms with van der Waals surface area (Å²) in [7, 11) is -4.02. The van der Waals surface area contributed by atoms with Gasteiger partial charge in [-0.15, -0.1) is 0 Å². The second kappa shape index (κ2) is 8.75. The zero-order chi connectivity index (χ0) is 19.2. The number of carbonyl (C=O) groups is 1. The molecule has 8 nitrogen and oxygen atoms in total. The Kier molecular flexibility index (Phi) is 6.67. The van der Waals surface area contributed by atoms with E-state index in [0.717, 1.165) is 9.87 Å². The normalized spacial score (nSPS) is 12.7. The van der Waals surface area contributed by atoms with Crippen molar-refractivity contribution < 1.29 is 23.5 Å². The molecule has 2 rings (SSSR count). The highest BCUT2D eigenvalue weighted by molar-refractivity contribution is 7.89. The van der Waals surface area contributed by atoms with Crippen molar-refractivity contribution >= 4 is 15.9 Å². The minimum Gasteiger partial charge on any atom is -0.508 e. The number of sulfonamides is 1. The summed E-state index contributed by atoms with van der Waals surface area (Å²) in [6.07, 6.45) is 3.76. The van der Waals surface area contributed by atoms with E-state index in [0.29, 0.717) is 6.42 Å². The maximum absolute atomic E-state index is 13.1. The van der Waals surface area contributed by atoms with Crippen molar-refractivity contribution in [2.24, 2.45) is 0 Å². The Morgan fingerprint density at radius 3 is 2.50 bits per heavy atom. The molecule has 0 saturated carbocycles. The fourth-order valence-electron chi connectivity index (χ4n) is 2.58. The van der Waals surface area contributed by atoms with Gasteiger partial charge in [-0.3, -0.25) is 15.0 Å². The lowest BCUT2D eigenvalue weighted by atomic mass is 10.2. The largest absolute Gasteiger partial charge is 0.508 e. The number of phenols is 1. The molecule has 0 spiro atoms. The maximum Gasteiger partial charge on any atom is 0.261 e. The third-order valence-corrected chi connectivity index (χ3v) is 5.86. The molecule has 1 aromatic carbocycles. The first-order valence-electron chi connectivity index (χ1n) is 8.04. The highest BCUT2D eigenvalue weighted by Crippen LogP contribution is 2.22. The van der Waals surface area contributed by atoms with Crippen LogP contribution in [0.25, 0.3) is 0 Å². The number of phenolic OH excluding ortho intramolecular Hbond substituents is 1. The molecule has 1 amide bonds. The van der Waals surface area contributed by atoms with Gasteiger partial charge in [-0.1, -0.05) is 13.0 Å². The molecule has 0 unspecified atom stereocenters. The quantitative estimate of drug-likeness (QED) is 0.470. The Balaban J connectivity index is 2.37. The number of nitrogens with one attached hydrogen (secondary N) is 1. The van der Waals surface area contributed by atoms with Gasteiger partial charge in [0.1, 0.15) is 11.8 Å². The molecule has 2 aromatic rings. The van der Waals surface area contributed by atoms with Crippen molar-refractivity contribution in [3.05, 3.63) is 54.4 Å². The summed E-state index contributed by atoms with van der Waals surface area (Å²) in [5.74, 6) is -0.868. The monoisotopic (exact) mass is 379 g/mol. The van der Waals surface area contributed by atoms with Gasteiger partial charge < -0.3 is 5.11 Å². The van der Waals surface area contributed by atoms with Gasteiger partial charge in [-0.25, -0.2) is 13.9 Å². The molecule has 140 valence electrons. The predicted molar refractivity (Wildman–Crippen MR) is 93.9 cm³/mol. The van der Waals surface area contributed by atoms with E-state index in [1.165, 1.54) is 29.7 Å². The molecule has 0 aliphatic rings. The first-order chi connectivity index (χ1) is 12.4. The minimum absolute atomic E-state index is 0.0286. The number of hydroxylamine groups is 1. The lowest BCUT2D eigenvalue weighted by molar-refractivity contribution is -0.133. The van der Waals surface area contributed by atoms with E-state index < -0.39 is 22.0 Å². The highest BCUT2D eigenvalue weighted by atomic mass is 32.2. The Bertz CT molecular complexity index is 825. The van der Waals surface area contributed by atoms with Crippen LogP contribution in [0, 0.1) is 0 Å². The predicted octanol–water partition coefficient (Wildman–Crippen LogP) is 1.30. The summed E-state index contributed by atoms with van der Waals surface area (Å²) in [6.45, 7) is 1.68. The molecule has 0 aliphatic heterocycles. The van der Waals surface area contributed by atoms with Crippen LogP contribution in [0.2, 0.25) is 0 Å². The highest BCUT2D eigenvalue weighted by Gasteiger charge is 2.34. The third-order valence-electron chi connectivity index (χ3n) is 3.93. The fourth-order valence-corrected chi connectivity index (χ4v) is 4.24. The number of hydrogen-bond acceptors (Lipinski definition) is 6. The fraction of sp³-hybridized carbons (Fsp3) is 0.294. The Morgan fingerprint density at radius 2 is 1.96 bits per heavy atom. The van der Waals surface area contributed by atoms with E-state index in [1.54, 1.807) is 25.4 Å². The number of hydrogen-bond donors (Lipinski definition) is 3. The molecular weight excluding hydrogens is 358 g/mol. The van der Waals surface area contributed by atoms with Crippen LogP contribution in [0.4, 0.5) is 0 Å². The molecule has 0 aliphatic carbocycles. The zero-order valence-corrected chi connectivity index (χ0v) is 15.1. The molecule has 0 bridgehead atoms. The van der Waals surface area contributed by atoms with Crippen molar-refractivity contribution in [2.75, 3.05) is 6.54 Å². The Hall–Kier alpha value is -2.49. The number of carbonyl (C=O) groups excluding carboxylic acids is 1. The van der Waals surface area contributed by atoms with Crippen molar-refractivity contribution in [1.82, 2.24) is 14.8 Å². The molecule has 0 radical (unpaired) electrons. The molecule has 1 atom stereocenters. The lowest BCUT2D eigenvalue weighted by Gasteiger charge is -2.28. The molecule has 26 heavy (non-hydrogen) atoms. The van der Waals surface area contributed by atoms with Gasteiger partial charge in [0.2, 0.25) is 10.0 Å². The van der Waals surface area contributed by atoms with Gasteiger partial charge in [0.05, 0.1) is 4.90 Å². The Labute approximate surface area is 152 Å². The smallest absolute Gasteiger partial charge is 0.261 e. The Morgan fingerprint density at radius 1 is 1.27 bits per heavy atom. The van der Waals surface area contributed by atoms with Crippen LogP contribution in [0.3, 0.4) is 0 Å². The lowest BCUT2D eigenvalue weighted by Crippen LogP contribution is -2.49. The van der Waals surface area contributed by atoms with E-state index >= 15 is 0 Å². The molecule has 1 aromatic heterocycles. The maximum atomic E-state index is 13.1. The van der Waals surface area contributed by atoms with E-state index in [4.69, 9.17) is 5.21 Å². The van der Waals surface area contributed by atoms with Crippen LogP contribution >= 0.6 is 0 Å². The minimum atomic E-state index is -4.02. The van der Waals surface area contributed by atoms with Crippen molar-refractivity contribution in [3.63, 3.8) is 0 Å². The van der Waals surface area contributed by atoms with Crippen LogP contribution in [0.1, 0.15) is 18.9 Å². The summed E-state index contributed by atoms with van der Waals surface area (Å²) in [5, 5.41) is 18.4. The standard InChI is InChI=1S/C17H21N3O5S/c1-2-16(17(22)19-23)20(11-9-13-4-3-10-18-12-13)26(24,25)15-7-5-14(21)6-8-15/h3-8,10,12,16,21,23H,2,9,11H2,1H3,(H,19,22)/t16-/m1/s1. The van der Waals surface area contributed by atoms with Gasteiger partial charge in [-0.2, -0.15) is 4.31 Å². The first-order valence-corrected chi connectivity index (χ1v) is 9.48. The zero-order valence-electron chi connectivity index (χ0n) is 14.2. The SMILES string of the molecule is CC[C@H](C(=O)NO)N(CCc1cccnc1)S(=O)(=O)c1ccc(O)cc1. The summed E-state index contributed by atoms with van der Waals surface area (Å²) < 4.78 is 27.2. The first kappa shape index (κ1) is 19.8. The molecule has 1 heterocycles. The average molecular weight is 379 g/mol. The van der Waals surface area contributed by atoms with Crippen molar-refractivity contribution in [2.45, 2.75) is 30.7 Å². The van der Waals surface area contributed by atoms with Crippen LogP contribution in [-0.4, -0.2) is 46.5 Å². The van der Waals surface area contributed by atoms with Gasteiger partial charge in [-0.05, 0) is 48.7 Å². The topological polar surface area (TPSA) is 120 Å². The molecule has 0 fully saturated rings. The molecule has 9 heteroatoms. The van der Waals surface area contributed by atoms with Gasteiger partial charge in [0, 0.05) is 18.9 Å². The van der Waals surface area contributed by atoms with E-state index in [9.17, 15) is 18.3 Å². The van der Waals surface area contributed by atoms with Crippen LogP contribution in [0.5, 0.6) is 5.75 Å². The summed E-state index contributed by atoms with van der Waals surface area (Å²) in [6, 6.07) is 7.54. The number of pyridine rings is 1. The van der Waals surface area contributed by atoms with Crippen molar-refractivity contribution in [3.8, 4) is 5.75 Å².